The van der Waals surface area contributed by atoms with Crippen molar-refractivity contribution in [1.29, 1.82) is 0 Å². The Morgan fingerprint density at radius 1 is 1.27 bits per heavy atom. The van der Waals surface area contributed by atoms with Crippen LogP contribution in [-0.2, 0) is 14.9 Å². The average molecular weight is 347 g/mol. The molecule has 1 aromatic rings. The molecule has 0 amide bonds. The normalized spacial score (nSPS) is 25.1. The van der Waals surface area contributed by atoms with Crippen molar-refractivity contribution in [2.24, 2.45) is 0 Å². The van der Waals surface area contributed by atoms with Gasteiger partial charge < -0.3 is 4.74 Å². The first kappa shape index (κ1) is 17.7. The molecule has 3 atom stereocenters. The third-order valence-corrected chi connectivity index (χ3v) is 5.51. The van der Waals surface area contributed by atoms with Gasteiger partial charge in [-0.2, -0.15) is 17.4 Å². The molecular weight excluding hydrogens is 324 g/mol. The van der Waals surface area contributed by atoms with Gasteiger partial charge in [0.15, 0.2) is 0 Å². The molecule has 1 saturated heterocycles. The lowest BCUT2D eigenvalue weighted by Gasteiger charge is -2.35. The summed E-state index contributed by atoms with van der Waals surface area (Å²) in [7, 11) is -3.55. The lowest BCUT2D eigenvalue weighted by molar-refractivity contribution is -0.0444. The third-order valence-electron chi connectivity index (χ3n) is 3.70. The fourth-order valence-corrected chi connectivity index (χ4v) is 4.41. The number of ether oxygens (including phenoxy) is 1. The molecule has 0 saturated carbocycles. The molecule has 1 fully saturated rings. The molecule has 2 rings (SSSR count). The van der Waals surface area contributed by atoms with Crippen molar-refractivity contribution in [2.45, 2.75) is 45.4 Å². The van der Waals surface area contributed by atoms with Crippen LogP contribution in [0, 0.1) is 0 Å². The van der Waals surface area contributed by atoms with Gasteiger partial charge in [0.25, 0.3) is 10.2 Å². The van der Waals surface area contributed by atoms with Crippen molar-refractivity contribution in [1.82, 2.24) is 9.03 Å². The monoisotopic (exact) mass is 346 g/mol. The molecule has 0 radical (unpaired) electrons. The topological polar surface area (TPSA) is 58.6 Å². The van der Waals surface area contributed by atoms with Crippen molar-refractivity contribution in [2.75, 3.05) is 13.1 Å². The minimum Gasteiger partial charge on any atom is -0.373 e. The van der Waals surface area contributed by atoms with Gasteiger partial charge in [-0.05, 0) is 38.0 Å². The first-order valence-corrected chi connectivity index (χ1v) is 9.32. The Morgan fingerprint density at radius 2 is 1.82 bits per heavy atom. The van der Waals surface area contributed by atoms with E-state index in [2.05, 4.69) is 4.72 Å². The summed E-state index contributed by atoms with van der Waals surface area (Å²) < 4.78 is 35.1. The molecule has 22 heavy (non-hydrogen) atoms. The smallest absolute Gasteiger partial charge is 0.280 e. The maximum Gasteiger partial charge on any atom is 0.280 e. The Morgan fingerprint density at radius 3 is 2.32 bits per heavy atom. The third kappa shape index (κ3) is 4.43. The summed E-state index contributed by atoms with van der Waals surface area (Å²) in [5.41, 5.74) is 0.907. The largest absolute Gasteiger partial charge is 0.373 e. The van der Waals surface area contributed by atoms with Crippen LogP contribution in [0.4, 0.5) is 0 Å². The number of hydrogen-bond donors (Lipinski definition) is 1. The van der Waals surface area contributed by atoms with Crippen molar-refractivity contribution < 1.29 is 13.2 Å². The second-order valence-electron chi connectivity index (χ2n) is 5.71. The predicted octanol–water partition coefficient (Wildman–Crippen LogP) is 2.73. The van der Waals surface area contributed by atoms with Gasteiger partial charge in [-0.15, -0.1) is 0 Å². The maximum absolute atomic E-state index is 12.6. The second kappa shape index (κ2) is 7.27. The first-order chi connectivity index (χ1) is 10.3. The fourth-order valence-electron chi connectivity index (χ4n) is 2.66. The summed E-state index contributed by atoms with van der Waals surface area (Å²) in [5, 5.41) is 0.636. The van der Waals surface area contributed by atoms with Crippen LogP contribution in [0.5, 0.6) is 0 Å². The molecule has 1 N–H and O–H groups in total. The van der Waals surface area contributed by atoms with Crippen LogP contribution in [0.25, 0.3) is 0 Å². The van der Waals surface area contributed by atoms with E-state index in [-0.39, 0.29) is 18.2 Å². The van der Waals surface area contributed by atoms with Crippen molar-refractivity contribution in [3.63, 3.8) is 0 Å². The van der Waals surface area contributed by atoms with E-state index in [0.717, 1.165) is 5.56 Å². The highest BCUT2D eigenvalue weighted by molar-refractivity contribution is 7.87. The first-order valence-electron chi connectivity index (χ1n) is 7.50. The highest BCUT2D eigenvalue weighted by Crippen LogP contribution is 2.22. The number of benzene rings is 1. The van der Waals surface area contributed by atoms with E-state index in [4.69, 9.17) is 16.3 Å². The molecule has 3 unspecified atom stereocenters. The lowest BCUT2D eigenvalue weighted by Crippen LogP contribution is -2.52. The molecule has 1 heterocycles. The zero-order chi connectivity index (χ0) is 16.3. The number of hydrogen-bond acceptors (Lipinski definition) is 3. The zero-order valence-corrected chi connectivity index (χ0v) is 14.7. The summed E-state index contributed by atoms with van der Waals surface area (Å²) in [5.74, 6) is 0. The van der Waals surface area contributed by atoms with Gasteiger partial charge >= 0.3 is 0 Å². The molecule has 0 spiro atoms. The van der Waals surface area contributed by atoms with Gasteiger partial charge in [-0.25, -0.2) is 0 Å². The van der Waals surface area contributed by atoms with Crippen LogP contribution in [-0.4, -0.2) is 38.0 Å². The predicted molar refractivity (Wildman–Crippen MR) is 88.1 cm³/mol. The van der Waals surface area contributed by atoms with Crippen LogP contribution in [0.1, 0.15) is 38.8 Å². The van der Waals surface area contributed by atoms with E-state index in [9.17, 15) is 8.42 Å². The highest BCUT2D eigenvalue weighted by atomic mass is 35.5. The summed E-state index contributed by atoms with van der Waals surface area (Å²) in [6.45, 7) is 6.46. The number of nitrogens with zero attached hydrogens (tertiary/aromatic N) is 1. The minimum absolute atomic E-state index is 0.101. The molecule has 1 aliphatic rings. The van der Waals surface area contributed by atoms with Gasteiger partial charge in [0.05, 0.1) is 12.2 Å². The van der Waals surface area contributed by atoms with Gasteiger partial charge in [-0.3, -0.25) is 0 Å². The standard InChI is InChI=1S/C15H23ClN2O3S/c1-4-15(13-5-7-14(16)8-6-13)17-22(19,20)18-9-11(2)21-12(3)10-18/h5-8,11-12,15,17H,4,9-10H2,1-3H3. The van der Waals surface area contributed by atoms with Crippen LogP contribution < -0.4 is 4.72 Å². The summed E-state index contributed by atoms with van der Waals surface area (Å²) in [6, 6.07) is 6.97. The van der Waals surface area contributed by atoms with E-state index < -0.39 is 10.2 Å². The Hall–Kier alpha value is -0.660. The summed E-state index contributed by atoms with van der Waals surface area (Å²) in [6.07, 6.45) is 0.461. The Balaban J connectivity index is 2.13. The molecule has 0 bridgehead atoms. The van der Waals surface area contributed by atoms with Crippen molar-refractivity contribution in [3.05, 3.63) is 34.9 Å². The second-order valence-corrected chi connectivity index (χ2v) is 7.85. The van der Waals surface area contributed by atoms with Crippen LogP contribution in [0.15, 0.2) is 24.3 Å². The molecule has 124 valence electrons. The Bertz CT molecular complexity index is 581. The van der Waals surface area contributed by atoms with E-state index in [1.807, 2.05) is 32.9 Å². The summed E-state index contributed by atoms with van der Waals surface area (Å²) >= 11 is 5.89. The van der Waals surface area contributed by atoms with Crippen LogP contribution in [0.2, 0.25) is 5.02 Å². The molecule has 0 aromatic heterocycles. The maximum atomic E-state index is 12.6. The quantitative estimate of drug-likeness (QED) is 0.891. The number of halogens is 1. The minimum atomic E-state index is -3.55. The van der Waals surface area contributed by atoms with Crippen molar-refractivity contribution in [3.8, 4) is 0 Å². The molecule has 5 nitrogen and oxygen atoms in total. The van der Waals surface area contributed by atoms with Crippen LogP contribution in [0.3, 0.4) is 0 Å². The van der Waals surface area contributed by atoms with Crippen molar-refractivity contribution >= 4 is 21.8 Å². The van der Waals surface area contributed by atoms with Gasteiger partial charge in [0.1, 0.15) is 0 Å². The molecule has 0 aliphatic carbocycles. The molecule has 7 heteroatoms. The van der Waals surface area contributed by atoms with E-state index in [0.29, 0.717) is 24.5 Å². The molecular formula is C15H23ClN2O3S. The lowest BCUT2D eigenvalue weighted by atomic mass is 10.1. The SMILES string of the molecule is CCC(NS(=O)(=O)N1CC(C)OC(C)C1)c1ccc(Cl)cc1. The van der Waals surface area contributed by atoms with E-state index >= 15 is 0 Å². The van der Waals surface area contributed by atoms with Crippen LogP contribution >= 0.6 is 11.6 Å². The highest BCUT2D eigenvalue weighted by Gasteiger charge is 2.32. The van der Waals surface area contributed by atoms with Gasteiger partial charge in [0, 0.05) is 24.2 Å². The number of rotatable bonds is 5. The summed E-state index contributed by atoms with van der Waals surface area (Å²) in [4.78, 5) is 0. The van der Waals surface area contributed by atoms with E-state index in [1.165, 1.54) is 4.31 Å². The van der Waals surface area contributed by atoms with Gasteiger partial charge in [0.2, 0.25) is 0 Å². The molecule has 1 aliphatic heterocycles. The zero-order valence-electron chi connectivity index (χ0n) is 13.1. The number of morpholine rings is 1. The van der Waals surface area contributed by atoms with E-state index in [1.54, 1.807) is 12.1 Å². The molecule has 1 aromatic carbocycles. The Labute approximate surface area is 137 Å². The fraction of sp³-hybridized carbons (Fsp3) is 0.600. The van der Waals surface area contributed by atoms with Gasteiger partial charge in [-0.1, -0.05) is 30.7 Å². The number of nitrogens with one attached hydrogen (secondary N) is 1. The Kier molecular flexibility index (Phi) is 5.85. The average Bonchev–Trinajstić information content (AvgIpc) is 2.45.